The molecule has 0 atom stereocenters. The predicted octanol–water partition coefficient (Wildman–Crippen LogP) is 5.18. The van der Waals surface area contributed by atoms with Crippen LogP contribution in [-0.4, -0.2) is 15.3 Å². The highest BCUT2D eigenvalue weighted by Gasteiger charge is 2.11. The molecule has 2 heterocycles. The molecule has 4 aromatic rings. The summed E-state index contributed by atoms with van der Waals surface area (Å²) in [5.74, 6) is -0.107. The molecule has 4 rings (SSSR count). The van der Waals surface area contributed by atoms with Crippen molar-refractivity contribution in [3.63, 3.8) is 0 Å². The van der Waals surface area contributed by atoms with E-state index in [1.54, 1.807) is 0 Å². The van der Waals surface area contributed by atoms with Crippen molar-refractivity contribution in [3.05, 3.63) is 89.2 Å². The second kappa shape index (κ2) is 6.72. The number of aryl methyl sites for hydroxylation is 3. The van der Waals surface area contributed by atoms with Crippen LogP contribution in [0, 0.1) is 20.8 Å². The third-order valence-corrected chi connectivity index (χ3v) is 4.68. The molecule has 1 amide bonds. The molecule has 27 heavy (non-hydrogen) atoms. The molecule has 134 valence electrons. The second-order valence-electron chi connectivity index (χ2n) is 6.95. The van der Waals surface area contributed by atoms with Crippen molar-refractivity contribution in [1.82, 2.24) is 9.38 Å². The maximum absolute atomic E-state index is 12.6. The van der Waals surface area contributed by atoms with Crippen molar-refractivity contribution in [2.24, 2.45) is 0 Å². The van der Waals surface area contributed by atoms with E-state index in [1.165, 1.54) is 5.56 Å². The molecule has 4 nitrogen and oxygen atoms in total. The Morgan fingerprint density at radius 1 is 0.963 bits per heavy atom. The van der Waals surface area contributed by atoms with E-state index in [0.29, 0.717) is 5.56 Å². The van der Waals surface area contributed by atoms with Gasteiger partial charge in [0.2, 0.25) is 0 Å². The molecule has 2 aromatic carbocycles. The molecule has 0 unspecified atom stereocenters. The van der Waals surface area contributed by atoms with Crippen LogP contribution in [-0.2, 0) is 0 Å². The van der Waals surface area contributed by atoms with Gasteiger partial charge in [0.25, 0.3) is 5.91 Å². The van der Waals surface area contributed by atoms with Crippen molar-refractivity contribution >= 4 is 17.2 Å². The number of amides is 1. The normalized spacial score (nSPS) is 10.9. The van der Waals surface area contributed by atoms with E-state index in [0.717, 1.165) is 33.7 Å². The number of carbonyl (C=O) groups is 1. The van der Waals surface area contributed by atoms with Gasteiger partial charge in [0.15, 0.2) is 0 Å². The summed E-state index contributed by atoms with van der Waals surface area (Å²) < 4.78 is 2.01. The van der Waals surface area contributed by atoms with Crippen molar-refractivity contribution in [2.75, 3.05) is 5.32 Å². The molecule has 0 aliphatic carbocycles. The van der Waals surface area contributed by atoms with Gasteiger partial charge in [-0.25, -0.2) is 4.98 Å². The molecule has 2 aromatic heterocycles. The Hall–Kier alpha value is -3.40. The highest BCUT2D eigenvalue weighted by molar-refractivity contribution is 6.05. The van der Waals surface area contributed by atoms with E-state index in [9.17, 15) is 4.79 Å². The molecule has 0 aliphatic rings. The Morgan fingerprint density at radius 2 is 1.78 bits per heavy atom. The maximum Gasteiger partial charge on any atom is 0.255 e. The number of rotatable bonds is 3. The Kier molecular flexibility index (Phi) is 4.24. The monoisotopic (exact) mass is 355 g/mol. The van der Waals surface area contributed by atoms with Gasteiger partial charge in [-0.05, 0) is 62.2 Å². The summed E-state index contributed by atoms with van der Waals surface area (Å²) in [7, 11) is 0. The summed E-state index contributed by atoms with van der Waals surface area (Å²) in [5.41, 5.74) is 7.47. The van der Waals surface area contributed by atoms with Crippen LogP contribution in [0.2, 0.25) is 0 Å². The SMILES string of the molecule is Cc1cccc(C(=O)Nc2cc(-c3cn4ccc(C)cc4n3)ccc2C)c1. The van der Waals surface area contributed by atoms with E-state index in [4.69, 9.17) is 4.98 Å². The Morgan fingerprint density at radius 3 is 2.59 bits per heavy atom. The number of hydrogen-bond donors (Lipinski definition) is 1. The van der Waals surface area contributed by atoms with Gasteiger partial charge >= 0.3 is 0 Å². The zero-order valence-corrected chi connectivity index (χ0v) is 15.7. The first kappa shape index (κ1) is 17.0. The summed E-state index contributed by atoms with van der Waals surface area (Å²) in [6.07, 6.45) is 4.02. The Balaban J connectivity index is 1.67. The maximum atomic E-state index is 12.6. The smallest absolute Gasteiger partial charge is 0.255 e. The molecular weight excluding hydrogens is 334 g/mol. The lowest BCUT2D eigenvalue weighted by molar-refractivity contribution is 0.102. The van der Waals surface area contributed by atoms with Crippen LogP contribution in [0.1, 0.15) is 27.0 Å². The van der Waals surface area contributed by atoms with Crippen molar-refractivity contribution < 1.29 is 4.79 Å². The average molecular weight is 355 g/mol. The minimum Gasteiger partial charge on any atom is -0.322 e. The summed E-state index contributed by atoms with van der Waals surface area (Å²) in [5, 5.41) is 3.03. The van der Waals surface area contributed by atoms with Gasteiger partial charge in [0.05, 0.1) is 5.69 Å². The van der Waals surface area contributed by atoms with Gasteiger partial charge in [-0.1, -0.05) is 29.8 Å². The number of benzene rings is 2. The second-order valence-corrected chi connectivity index (χ2v) is 6.95. The van der Waals surface area contributed by atoms with Gasteiger partial charge in [0.1, 0.15) is 5.65 Å². The number of nitrogens with zero attached hydrogens (tertiary/aromatic N) is 2. The van der Waals surface area contributed by atoms with Crippen LogP contribution in [0.15, 0.2) is 67.0 Å². The van der Waals surface area contributed by atoms with E-state index in [2.05, 4.69) is 24.4 Å². The highest BCUT2D eigenvalue weighted by atomic mass is 16.1. The first-order valence-corrected chi connectivity index (χ1v) is 8.94. The number of nitrogens with one attached hydrogen (secondary N) is 1. The number of hydrogen-bond acceptors (Lipinski definition) is 2. The van der Waals surface area contributed by atoms with Crippen molar-refractivity contribution in [3.8, 4) is 11.3 Å². The third kappa shape index (κ3) is 3.47. The van der Waals surface area contributed by atoms with Crippen LogP contribution in [0.25, 0.3) is 16.9 Å². The lowest BCUT2D eigenvalue weighted by Gasteiger charge is -2.10. The summed E-state index contributed by atoms with van der Waals surface area (Å²) >= 11 is 0. The first-order valence-electron chi connectivity index (χ1n) is 8.94. The van der Waals surface area contributed by atoms with Crippen molar-refractivity contribution in [2.45, 2.75) is 20.8 Å². The topological polar surface area (TPSA) is 46.4 Å². The zero-order chi connectivity index (χ0) is 19.0. The molecule has 0 saturated heterocycles. The largest absolute Gasteiger partial charge is 0.322 e. The van der Waals surface area contributed by atoms with Gasteiger partial charge in [0, 0.05) is 29.2 Å². The van der Waals surface area contributed by atoms with E-state index >= 15 is 0 Å². The lowest BCUT2D eigenvalue weighted by Crippen LogP contribution is -2.13. The lowest BCUT2D eigenvalue weighted by atomic mass is 10.1. The molecule has 0 radical (unpaired) electrons. The number of pyridine rings is 1. The van der Waals surface area contributed by atoms with Gasteiger partial charge in [-0.3, -0.25) is 4.79 Å². The summed E-state index contributed by atoms with van der Waals surface area (Å²) in [6.45, 7) is 6.02. The summed E-state index contributed by atoms with van der Waals surface area (Å²) in [4.78, 5) is 17.3. The zero-order valence-electron chi connectivity index (χ0n) is 15.7. The van der Waals surface area contributed by atoms with Crippen LogP contribution in [0.4, 0.5) is 5.69 Å². The number of imidazole rings is 1. The number of anilines is 1. The minimum atomic E-state index is -0.107. The highest BCUT2D eigenvalue weighted by Crippen LogP contribution is 2.26. The number of carbonyl (C=O) groups excluding carboxylic acids is 1. The van der Waals surface area contributed by atoms with Crippen molar-refractivity contribution in [1.29, 1.82) is 0 Å². The quantitative estimate of drug-likeness (QED) is 0.550. The van der Waals surface area contributed by atoms with Crippen LogP contribution in [0.3, 0.4) is 0 Å². The third-order valence-electron chi connectivity index (χ3n) is 4.68. The molecule has 0 saturated carbocycles. The van der Waals surface area contributed by atoms with Crippen LogP contribution < -0.4 is 5.32 Å². The number of aromatic nitrogens is 2. The summed E-state index contributed by atoms with van der Waals surface area (Å²) in [6, 6.07) is 17.7. The van der Waals surface area contributed by atoms with E-state index in [1.807, 2.05) is 73.1 Å². The van der Waals surface area contributed by atoms with Gasteiger partial charge < -0.3 is 9.72 Å². The average Bonchev–Trinajstić information content (AvgIpc) is 3.06. The van der Waals surface area contributed by atoms with Gasteiger partial charge in [-0.15, -0.1) is 0 Å². The molecular formula is C23H21N3O. The molecule has 0 fully saturated rings. The Labute approximate surface area is 158 Å². The fourth-order valence-corrected chi connectivity index (χ4v) is 3.12. The number of fused-ring (bicyclic) bond motifs is 1. The van der Waals surface area contributed by atoms with Crippen LogP contribution in [0.5, 0.6) is 0 Å². The van der Waals surface area contributed by atoms with Crippen LogP contribution >= 0.6 is 0 Å². The predicted molar refractivity (Wildman–Crippen MR) is 109 cm³/mol. The van der Waals surface area contributed by atoms with E-state index in [-0.39, 0.29) is 5.91 Å². The van der Waals surface area contributed by atoms with Gasteiger partial charge in [-0.2, -0.15) is 0 Å². The minimum absolute atomic E-state index is 0.107. The fourth-order valence-electron chi connectivity index (χ4n) is 3.12. The van der Waals surface area contributed by atoms with E-state index < -0.39 is 0 Å². The molecule has 0 bridgehead atoms. The Bertz CT molecular complexity index is 1160. The molecule has 0 spiro atoms. The molecule has 1 N–H and O–H groups in total. The fraction of sp³-hybridized carbons (Fsp3) is 0.130. The molecule has 4 heteroatoms. The standard InChI is InChI=1S/C23H21N3O/c1-15-5-4-6-19(11-15)23(27)25-20-13-18(8-7-17(20)3)21-14-26-10-9-16(2)12-22(26)24-21/h4-14H,1-3H3,(H,25,27). The first-order chi connectivity index (χ1) is 13.0. The molecule has 0 aliphatic heterocycles.